The van der Waals surface area contributed by atoms with Gasteiger partial charge < -0.3 is 9.47 Å². The summed E-state index contributed by atoms with van der Waals surface area (Å²) in [7, 11) is 0. The van der Waals surface area contributed by atoms with Gasteiger partial charge in [-0.3, -0.25) is 14.0 Å². The van der Waals surface area contributed by atoms with Gasteiger partial charge in [0.2, 0.25) is 0 Å². The van der Waals surface area contributed by atoms with Crippen LogP contribution in [0.15, 0.2) is 60.8 Å². The van der Waals surface area contributed by atoms with Gasteiger partial charge in [-0.05, 0) is 55.5 Å². The van der Waals surface area contributed by atoms with Crippen molar-refractivity contribution in [2.24, 2.45) is 5.92 Å². The molecule has 0 saturated heterocycles. The van der Waals surface area contributed by atoms with Crippen molar-refractivity contribution in [3.05, 3.63) is 101 Å². The number of aromatic nitrogens is 2. The van der Waals surface area contributed by atoms with Crippen LogP contribution in [0.3, 0.4) is 0 Å². The molecule has 0 saturated carbocycles. The smallest absolute Gasteiger partial charge is 0.389 e. The number of alkyl halides is 3. The number of Topliss-reactive ketones (excluding diaryl/α,β-unsaturated/α-hetero) is 1. The third-order valence-electron chi connectivity index (χ3n) is 6.69. The van der Waals surface area contributed by atoms with Crippen LogP contribution in [0.25, 0.3) is 5.65 Å². The maximum absolute atomic E-state index is 14.1. The van der Waals surface area contributed by atoms with Crippen molar-refractivity contribution in [1.29, 1.82) is 0 Å². The van der Waals surface area contributed by atoms with E-state index < -0.39 is 54.9 Å². The summed E-state index contributed by atoms with van der Waals surface area (Å²) in [5, 5.41) is 0. The minimum absolute atomic E-state index is 0.0638. The van der Waals surface area contributed by atoms with Crippen molar-refractivity contribution in [2.75, 3.05) is 0 Å². The van der Waals surface area contributed by atoms with Gasteiger partial charge in [-0.1, -0.05) is 36.4 Å². The van der Waals surface area contributed by atoms with Crippen molar-refractivity contribution in [2.45, 2.75) is 58.9 Å². The predicted octanol–water partition coefficient (Wildman–Crippen LogP) is 7.47. The largest absolute Gasteiger partial charge is 0.485 e. The molecule has 0 spiro atoms. The summed E-state index contributed by atoms with van der Waals surface area (Å²) in [5.41, 5.74) is 1.75. The number of ether oxygens (including phenoxy) is 2. The lowest BCUT2D eigenvalue weighted by Crippen LogP contribution is -2.20. The molecular weight excluding hydrogens is 559 g/mol. The first-order valence-electron chi connectivity index (χ1n) is 13.3. The van der Waals surface area contributed by atoms with Crippen LogP contribution in [0, 0.1) is 31.4 Å². The molecule has 4 aromatic rings. The fourth-order valence-corrected chi connectivity index (χ4v) is 4.71. The van der Waals surface area contributed by atoms with Crippen molar-refractivity contribution in [3.8, 4) is 5.75 Å². The van der Waals surface area contributed by atoms with E-state index in [0.29, 0.717) is 16.8 Å². The van der Waals surface area contributed by atoms with E-state index in [1.165, 1.54) is 10.5 Å². The minimum Gasteiger partial charge on any atom is -0.485 e. The fourth-order valence-electron chi connectivity index (χ4n) is 4.71. The average Bonchev–Trinajstić information content (AvgIpc) is 3.25. The van der Waals surface area contributed by atoms with Gasteiger partial charge in [0.25, 0.3) is 0 Å². The second kappa shape index (κ2) is 13.1. The van der Waals surface area contributed by atoms with Gasteiger partial charge in [0, 0.05) is 25.5 Å². The van der Waals surface area contributed by atoms with Crippen LogP contribution in [0.4, 0.5) is 22.0 Å². The molecule has 4 rings (SSSR count). The Kier molecular flexibility index (Phi) is 9.59. The van der Waals surface area contributed by atoms with Gasteiger partial charge >= 0.3 is 12.1 Å². The van der Waals surface area contributed by atoms with Crippen LogP contribution in [-0.4, -0.2) is 27.3 Å². The highest BCUT2D eigenvalue weighted by atomic mass is 19.4. The quantitative estimate of drug-likeness (QED) is 0.0976. The average molecular weight is 589 g/mol. The molecule has 11 heteroatoms. The Bertz CT molecular complexity index is 1550. The summed E-state index contributed by atoms with van der Waals surface area (Å²) in [4.78, 5) is 30.0. The number of pyridine rings is 1. The molecule has 0 bridgehead atoms. The number of nitrogens with zero attached hydrogens (tertiary/aromatic N) is 2. The van der Waals surface area contributed by atoms with Crippen LogP contribution in [0.2, 0.25) is 0 Å². The van der Waals surface area contributed by atoms with Crippen molar-refractivity contribution in [3.63, 3.8) is 0 Å². The zero-order chi connectivity index (χ0) is 30.4. The zero-order valence-electron chi connectivity index (χ0n) is 23.0. The molecule has 6 nitrogen and oxygen atoms in total. The maximum atomic E-state index is 14.1. The molecule has 2 heterocycles. The number of rotatable bonds is 12. The Morgan fingerprint density at radius 2 is 1.67 bits per heavy atom. The normalized spacial score (nSPS) is 12.4. The monoisotopic (exact) mass is 588 g/mol. The van der Waals surface area contributed by atoms with E-state index in [1.807, 2.05) is 0 Å². The zero-order valence-corrected chi connectivity index (χ0v) is 23.0. The summed E-state index contributed by atoms with van der Waals surface area (Å²) in [6.45, 7) is 2.81. The van der Waals surface area contributed by atoms with E-state index in [1.54, 1.807) is 56.4 Å². The SMILES string of the molecule is Cc1cc(OCc2c(F)cccc2F)c2nc(C)c(C(=O)CCC(CC(=O)OCc3ccccc3)CC(F)(F)F)n2c1. The lowest BCUT2D eigenvalue weighted by molar-refractivity contribution is -0.155. The van der Waals surface area contributed by atoms with E-state index >= 15 is 0 Å². The van der Waals surface area contributed by atoms with E-state index in [2.05, 4.69) is 4.98 Å². The van der Waals surface area contributed by atoms with Gasteiger partial charge in [-0.2, -0.15) is 13.2 Å². The highest BCUT2D eigenvalue weighted by Crippen LogP contribution is 2.31. The topological polar surface area (TPSA) is 69.9 Å². The van der Waals surface area contributed by atoms with Crippen LogP contribution < -0.4 is 4.74 Å². The standard InChI is InChI=1S/C31H29F5N2O4/c1-19-13-27(41-18-23-24(32)9-6-10-25(23)33)30-37-20(2)29(38(30)16-19)26(39)12-11-22(15-31(34,35)36)14-28(40)42-17-21-7-4-3-5-8-21/h3-10,13,16,22H,11-12,14-15,17-18H2,1-2H3. The molecule has 0 aliphatic carbocycles. The molecular formula is C31H29F5N2O4. The molecule has 0 aliphatic heterocycles. The molecule has 222 valence electrons. The van der Waals surface area contributed by atoms with Crippen LogP contribution >= 0.6 is 0 Å². The van der Waals surface area contributed by atoms with Gasteiger partial charge in [-0.25, -0.2) is 13.8 Å². The van der Waals surface area contributed by atoms with E-state index in [9.17, 15) is 31.5 Å². The molecule has 1 atom stereocenters. The first-order valence-corrected chi connectivity index (χ1v) is 13.3. The molecule has 42 heavy (non-hydrogen) atoms. The van der Waals surface area contributed by atoms with E-state index in [-0.39, 0.29) is 42.1 Å². The number of hydrogen-bond acceptors (Lipinski definition) is 5. The number of ketones is 1. The lowest BCUT2D eigenvalue weighted by atomic mass is 9.93. The summed E-state index contributed by atoms with van der Waals surface area (Å²) in [6, 6.07) is 13.8. The highest BCUT2D eigenvalue weighted by Gasteiger charge is 2.34. The number of imidazole rings is 1. The number of benzene rings is 2. The number of esters is 1. The highest BCUT2D eigenvalue weighted by molar-refractivity contribution is 5.96. The summed E-state index contributed by atoms with van der Waals surface area (Å²) in [5.74, 6) is -3.78. The Morgan fingerprint density at radius 3 is 2.33 bits per heavy atom. The number of hydrogen-bond donors (Lipinski definition) is 0. The van der Waals surface area contributed by atoms with Crippen molar-refractivity contribution in [1.82, 2.24) is 9.38 Å². The Labute approximate surface area is 239 Å². The van der Waals surface area contributed by atoms with Crippen molar-refractivity contribution < 1.29 is 41.0 Å². The molecule has 0 radical (unpaired) electrons. The summed E-state index contributed by atoms with van der Waals surface area (Å²) >= 11 is 0. The predicted molar refractivity (Wildman–Crippen MR) is 144 cm³/mol. The van der Waals surface area contributed by atoms with Crippen LogP contribution in [-0.2, 0) is 22.7 Å². The Morgan fingerprint density at radius 1 is 0.976 bits per heavy atom. The van der Waals surface area contributed by atoms with Crippen LogP contribution in [0.5, 0.6) is 5.75 Å². The molecule has 0 N–H and O–H groups in total. The molecule has 2 aromatic carbocycles. The van der Waals surface area contributed by atoms with Crippen LogP contribution in [0.1, 0.15) is 58.6 Å². The third kappa shape index (κ3) is 7.92. The number of halogens is 5. The third-order valence-corrected chi connectivity index (χ3v) is 6.69. The second-order valence-electron chi connectivity index (χ2n) is 10.1. The summed E-state index contributed by atoms with van der Waals surface area (Å²) < 4.78 is 80.4. The molecule has 0 amide bonds. The first kappa shape index (κ1) is 30.7. The van der Waals surface area contributed by atoms with E-state index in [0.717, 1.165) is 12.1 Å². The Balaban J connectivity index is 1.48. The van der Waals surface area contributed by atoms with Gasteiger partial charge in [0.1, 0.15) is 30.5 Å². The van der Waals surface area contributed by atoms with E-state index in [4.69, 9.17) is 9.47 Å². The molecule has 2 aromatic heterocycles. The second-order valence-corrected chi connectivity index (χ2v) is 10.1. The minimum atomic E-state index is -4.53. The molecule has 0 fully saturated rings. The van der Waals surface area contributed by atoms with Gasteiger partial charge in [0.15, 0.2) is 17.2 Å². The summed E-state index contributed by atoms with van der Waals surface area (Å²) in [6.07, 6.45) is -5.12. The number of fused-ring (bicyclic) bond motifs is 1. The van der Waals surface area contributed by atoms with Gasteiger partial charge in [-0.15, -0.1) is 0 Å². The Hall–Kier alpha value is -4.28. The maximum Gasteiger partial charge on any atom is 0.389 e. The van der Waals surface area contributed by atoms with Crippen molar-refractivity contribution >= 4 is 17.4 Å². The molecule has 0 aliphatic rings. The number of aryl methyl sites for hydroxylation is 2. The number of carbonyl (C=O) groups excluding carboxylic acids is 2. The lowest BCUT2D eigenvalue weighted by Gasteiger charge is -2.18. The first-order chi connectivity index (χ1) is 19.9. The fraction of sp³-hybridized carbons (Fsp3) is 0.323. The van der Waals surface area contributed by atoms with Gasteiger partial charge in [0.05, 0.1) is 11.3 Å². The molecule has 1 unspecified atom stereocenters. The number of carbonyl (C=O) groups is 2.